The smallest absolute Gasteiger partial charge is 0.444 e. The first kappa shape index (κ1) is 38.0. The van der Waals surface area contributed by atoms with E-state index >= 15 is 0 Å². The van der Waals surface area contributed by atoms with Gasteiger partial charge in [0.1, 0.15) is 22.6 Å². The number of ketones is 1. The zero-order valence-electron chi connectivity index (χ0n) is 24.2. The fourth-order valence-electron chi connectivity index (χ4n) is 2.70. The molecule has 2 heterocycles. The molecule has 0 unspecified atom stereocenters. The minimum atomic E-state index is -1.38. The molecule has 3 N–H and O–H groups in total. The van der Waals surface area contributed by atoms with Crippen LogP contribution in [-0.4, -0.2) is 88.1 Å². The van der Waals surface area contributed by atoms with Gasteiger partial charge in [-0.15, -0.1) is 12.4 Å². The Kier molecular flexibility index (Phi) is 16.1. The Hall–Kier alpha value is -2.15. The number of piperidine rings is 2. The van der Waals surface area contributed by atoms with Gasteiger partial charge in [-0.1, -0.05) is 0 Å². The molecule has 12 nitrogen and oxygen atoms in total. The third kappa shape index (κ3) is 21.9. The molecule has 0 aromatic heterocycles. The van der Waals surface area contributed by atoms with Crippen LogP contribution in [0.15, 0.2) is 0 Å². The van der Waals surface area contributed by atoms with Crippen LogP contribution in [-0.2, 0) is 23.7 Å². The van der Waals surface area contributed by atoms with E-state index < -0.39 is 34.9 Å². The largest absolute Gasteiger partial charge is 0.519 e. The van der Waals surface area contributed by atoms with Gasteiger partial charge in [0, 0.05) is 51.9 Å². The van der Waals surface area contributed by atoms with Crippen molar-refractivity contribution in [3.05, 3.63) is 0 Å². The van der Waals surface area contributed by atoms with Crippen LogP contribution in [0.5, 0.6) is 0 Å². The molecule has 0 saturated carbocycles. The number of hydrogen-bond donors (Lipinski definition) is 3. The Bertz CT molecular complexity index is 724. The molecule has 0 aromatic carbocycles. The topological polar surface area (TPSA) is 161 Å². The summed E-state index contributed by atoms with van der Waals surface area (Å²) in [5.41, 5.74) is -1.85. The monoisotopic (exact) mass is 570 g/mol. The molecule has 1 amide bonds. The second-order valence-corrected chi connectivity index (χ2v) is 11.8. The van der Waals surface area contributed by atoms with Gasteiger partial charge in [0.2, 0.25) is 0 Å². The number of nitrogens with one attached hydrogen (secondary N) is 1. The van der Waals surface area contributed by atoms with E-state index in [0.29, 0.717) is 51.9 Å². The van der Waals surface area contributed by atoms with Gasteiger partial charge >= 0.3 is 18.4 Å². The summed E-state index contributed by atoms with van der Waals surface area (Å²) in [6, 6.07) is 0. The quantitative estimate of drug-likeness (QED) is 0.167. The highest BCUT2D eigenvalue weighted by molar-refractivity contribution is 5.85. The number of likely N-dealkylation sites (tertiary alicyclic amines) is 1. The van der Waals surface area contributed by atoms with Crippen LogP contribution in [0.1, 0.15) is 88.0 Å². The molecule has 0 aromatic rings. The molecule has 2 rings (SSSR count). The van der Waals surface area contributed by atoms with E-state index in [1.165, 1.54) is 0 Å². The number of halogens is 1. The van der Waals surface area contributed by atoms with Gasteiger partial charge in [-0.2, -0.15) is 0 Å². The maximum absolute atomic E-state index is 11.5. The fraction of sp³-hybridized carbons (Fsp3) is 0.840. The lowest BCUT2D eigenvalue weighted by atomic mass is 10.1. The summed E-state index contributed by atoms with van der Waals surface area (Å²) in [7, 11) is 0. The number of carbonyl (C=O) groups is 4. The molecule has 224 valence electrons. The first-order valence-corrected chi connectivity index (χ1v) is 12.4. The molecule has 0 aliphatic carbocycles. The predicted molar refractivity (Wildman–Crippen MR) is 142 cm³/mol. The van der Waals surface area contributed by atoms with Crippen molar-refractivity contribution in [1.82, 2.24) is 10.2 Å². The Morgan fingerprint density at radius 3 is 1.42 bits per heavy atom. The summed E-state index contributed by atoms with van der Waals surface area (Å²) in [5, 5.41) is 20.8. The number of Topliss-reactive ketones (excluding diaryl/α,β-unsaturated/α-hetero) is 1. The fourth-order valence-corrected chi connectivity index (χ4v) is 2.70. The molecule has 0 radical (unpaired) electrons. The van der Waals surface area contributed by atoms with Crippen molar-refractivity contribution in [2.24, 2.45) is 0 Å². The second-order valence-electron chi connectivity index (χ2n) is 11.8. The minimum absolute atomic E-state index is 0. The molecule has 2 aliphatic rings. The predicted octanol–water partition coefficient (Wildman–Crippen LogP) is 3.93. The molecule has 2 aliphatic heterocycles. The van der Waals surface area contributed by atoms with Gasteiger partial charge in [0.25, 0.3) is 0 Å². The molecule has 0 atom stereocenters. The number of aliphatic hydroxyl groups is 2. The van der Waals surface area contributed by atoms with Crippen LogP contribution >= 0.6 is 12.4 Å². The highest BCUT2D eigenvalue weighted by atomic mass is 35.5. The van der Waals surface area contributed by atoms with Crippen LogP contribution < -0.4 is 5.32 Å². The maximum atomic E-state index is 11.5. The molecule has 13 heteroatoms. The number of amides is 1. The summed E-state index contributed by atoms with van der Waals surface area (Å²) in [5.74, 6) is -1.16. The summed E-state index contributed by atoms with van der Waals surface area (Å²) in [6.07, 6.45) is -0.614. The summed E-state index contributed by atoms with van der Waals surface area (Å²) in [4.78, 5) is 46.1. The molecule has 2 saturated heterocycles. The van der Waals surface area contributed by atoms with E-state index in [4.69, 9.17) is 24.4 Å². The molecule has 0 spiro atoms. The van der Waals surface area contributed by atoms with Gasteiger partial charge in [0.05, 0.1) is 0 Å². The normalized spacial score (nSPS) is 17.2. The van der Waals surface area contributed by atoms with Crippen LogP contribution in [0.4, 0.5) is 14.4 Å². The van der Waals surface area contributed by atoms with Gasteiger partial charge in [-0.3, -0.25) is 4.79 Å². The summed E-state index contributed by atoms with van der Waals surface area (Å²) >= 11 is 0. The average molecular weight is 571 g/mol. The Morgan fingerprint density at radius 1 is 0.763 bits per heavy atom. The van der Waals surface area contributed by atoms with Gasteiger partial charge in [0.15, 0.2) is 5.79 Å². The van der Waals surface area contributed by atoms with E-state index in [1.54, 1.807) is 46.4 Å². The van der Waals surface area contributed by atoms with E-state index in [0.717, 1.165) is 0 Å². The van der Waals surface area contributed by atoms with Crippen LogP contribution in [0.2, 0.25) is 0 Å². The lowest BCUT2D eigenvalue weighted by Crippen LogP contribution is -2.41. The molecular formula is C25H47ClN2O10. The Balaban J connectivity index is 0. The van der Waals surface area contributed by atoms with Crippen molar-refractivity contribution in [1.29, 1.82) is 0 Å². The number of carbonyl (C=O) groups excluding carboxylic acids is 4. The highest BCUT2D eigenvalue weighted by Crippen LogP contribution is 2.14. The van der Waals surface area contributed by atoms with Crippen molar-refractivity contribution >= 4 is 36.6 Å². The maximum Gasteiger partial charge on any atom is 0.519 e. The molecule has 2 fully saturated rings. The van der Waals surface area contributed by atoms with E-state index in [1.807, 2.05) is 20.8 Å². The number of rotatable bonds is 0. The minimum Gasteiger partial charge on any atom is -0.444 e. The average Bonchev–Trinajstić information content (AvgIpc) is 2.64. The van der Waals surface area contributed by atoms with Gasteiger partial charge in [-0.05, 0) is 62.3 Å². The molecule has 38 heavy (non-hydrogen) atoms. The first-order chi connectivity index (χ1) is 16.6. The lowest BCUT2D eigenvalue weighted by molar-refractivity contribution is -0.175. The highest BCUT2D eigenvalue weighted by Gasteiger charge is 2.26. The van der Waals surface area contributed by atoms with Crippen molar-refractivity contribution in [2.45, 2.75) is 111 Å². The van der Waals surface area contributed by atoms with E-state index in [-0.39, 0.29) is 24.3 Å². The summed E-state index contributed by atoms with van der Waals surface area (Å²) < 4.78 is 19.0. The third-order valence-electron chi connectivity index (χ3n) is 4.32. The Labute approximate surface area is 232 Å². The lowest BCUT2D eigenvalue weighted by Gasteiger charge is -2.29. The third-order valence-corrected chi connectivity index (χ3v) is 4.32. The van der Waals surface area contributed by atoms with E-state index in [2.05, 4.69) is 10.1 Å². The SMILES string of the molecule is CC(C)(C)OC(=O)N1CCC(=O)CC1.CC(C)(C)OC(=O)OC(=O)OC(C)(C)C.Cl.OC1(O)CCNCC1. The van der Waals surface area contributed by atoms with Crippen molar-refractivity contribution in [3.8, 4) is 0 Å². The van der Waals surface area contributed by atoms with Gasteiger partial charge in [-0.25, -0.2) is 14.4 Å². The molecule has 0 bridgehead atoms. The molecular weight excluding hydrogens is 524 g/mol. The van der Waals surface area contributed by atoms with Crippen LogP contribution in [0.3, 0.4) is 0 Å². The number of ether oxygens (including phenoxy) is 4. The Morgan fingerprint density at radius 2 is 1.13 bits per heavy atom. The summed E-state index contributed by atoms with van der Waals surface area (Å²) in [6.45, 7) is 17.9. The van der Waals surface area contributed by atoms with Gasteiger partial charge < -0.3 is 39.4 Å². The zero-order chi connectivity index (χ0) is 29.1. The van der Waals surface area contributed by atoms with Crippen molar-refractivity contribution < 1.29 is 48.3 Å². The van der Waals surface area contributed by atoms with Crippen molar-refractivity contribution in [3.63, 3.8) is 0 Å². The standard InChI is InChI=1S/C10H17NO3.C10H18O5.C5H11NO2.ClH/c1-10(2,3)14-9(13)11-6-4-8(12)5-7-11;1-9(2,3)14-7(11)13-8(12)15-10(4,5)6;7-5(8)1-3-6-4-2-5;/h4-7H2,1-3H3;1-6H3;6-8H,1-4H2;1H. The van der Waals surface area contributed by atoms with Crippen LogP contribution in [0, 0.1) is 0 Å². The number of hydrogen-bond acceptors (Lipinski definition) is 11. The zero-order valence-corrected chi connectivity index (χ0v) is 25.0. The second kappa shape index (κ2) is 16.1. The van der Waals surface area contributed by atoms with E-state index in [9.17, 15) is 19.2 Å². The van der Waals surface area contributed by atoms with Crippen molar-refractivity contribution in [2.75, 3.05) is 26.2 Å². The first-order valence-electron chi connectivity index (χ1n) is 12.4. The van der Waals surface area contributed by atoms with Crippen LogP contribution in [0.25, 0.3) is 0 Å². The number of nitrogens with zero attached hydrogens (tertiary/aromatic N) is 1.